The summed E-state index contributed by atoms with van der Waals surface area (Å²) in [5.74, 6) is 0.968. The van der Waals surface area contributed by atoms with Crippen molar-refractivity contribution >= 4 is 49.0 Å². The van der Waals surface area contributed by atoms with Crippen molar-refractivity contribution in [3.8, 4) is 6.07 Å². The molecule has 114 valence electrons. The Morgan fingerprint density at radius 2 is 2.17 bits per heavy atom. The molecule has 3 heterocycles. The minimum atomic E-state index is 0.635. The molecule has 0 bridgehead atoms. The van der Waals surface area contributed by atoms with Gasteiger partial charge < -0.3 is 10.6 Å². The van der Waals surface area contributed by atoms with Crippen LogP contribution in [0.2, 0.25) is 0 Å². The molecule has 0 unspecified atom stereocenters. The number of thiophene rings is 1. The normalized spacial score (nSPS) is 13.8. The number of anilines is 2. The number of aromatic nitrogens is 1. The van der Waals surface area contributed by atoms with Crippen molar-refractivity contribution in [2.24, 2.45) is 0 Å². The Morgan fingerprint density at radius 1 is 1.30 bits per heavy atom. The summed E-state index contributed by atoms with van der Waals surface area (Å²) in [4.78, 5) is 8.21. The number of pyridine rings is 1. The van der Waals surface area contributed by atoms with Crippen LogP contribution >= 0.6 is 27.3 Å². The molecule has 23 heavy (non-hydrogen) atoms. The summed E-state index contributed by atoms with van der Waals surface area (Å²) >= 11 is 5.01. The number of benzene rings is 1. The van der Waals surface area contributed by atoms with E-state index in [4.69, 9.17) is 10.7 Å². The van der Waals surface area contributed by atoms with E-state index in [9.17, 15) is 5.26 Å². The highest BCUT2D eigenvalue weighted by Gasteiger charge is 2.24. The van der Waals surface area contributed by atoms with Crippen molar-refractivity contribution in [1.82, 2.24) is 4.98 Å². The molecule has 4 rings (SSSR count). The summed E-state index contributed by atoms with van der Waals surface area (Å²) in [6.07, 6.45) is 0.839. The Hall–Kier alpha value is -2.10. The molecular formula is C17H13BrN4S. The van der Waals surface area contributed by atoms with Crippen LogP contribution in [0.3, 0.4) is 0 Å². The minimum absolute atomic E-state index is 0.635. The van der Waals surface area contributed by atoms with E-state index < -0.39 is 0 Å². The van der Waals surface area contributed by atoms with Gasteiger partial charge in [0.05, 0.1) is 17.6 Å². The van der Waals surface area contributed by atoms with Crippen molar-refractivity contribution in [1.29, 1.82) is 5.26 Å². The van der Waals surface area contributed by atoms with Crippen LogP contribution in [0.1, 0.15) is 16.0 Å². The second-order valence-corrected chi connectivity index (χ2v) is 7.59. The van der Waals surface area contributed by atoms with E-state index in [2.05, 4.69) is 45.1 Å². The molecule has 1 aliphatic rings. The van der Waals surface area contributed by atoms with Crippen LogP contribution in [0, 0.1) is 11.3 Å². The molecule has 0 radical (unpaired) electrons. The molecular weight excluding hydrogens is 372 g/mol. The fraction of sp³-hybridized carbons (Fsp3) is 0.176. The van der Waals surface area contributed by atoms with Gasteiger partial charge in [-0.15, -0.1) is 11.3 Å². The fourth-order valence-electron chi connectivity index (χ4n) is 3.00. The van der Waals surface area contributed by atoms with Gasteiger partial charge in [-0.2, -0.15) is 5.26 Å². The standard InChI is InChI=1S/C17H13BrN4S/c18-11-2-3-14-10(7-11)1-4-16(21-14)22-6-5-12-13(8-19)17(20)23-15(12)9-22/h1-4,7H,5-6,9,20H2. The Balaban J connectivity index is 1.69. The Bertz CT molecular complexity index is 957. The highest BCUT2D eigenvalue weighted by molar-refractivity contribution is 9.10. The maximum absolute atomic E-state index is 9.23. The third kappa shape index (κ3) is 2.46. The van der Waals surface area contributed by atoms with Crippen LogP contribution in [0.25, 0.3) is 10.9 Å². The first-order valence-corrected chi connectivity index (χ1v) is 8.88. The smallest absolute Gasteiger partial charge is 0.129 e. The molecule has 1 aliphatic heterocycles. The molecule has 2 N–H and O–H groups in total. The molecule has 0 amide bonds. The monoisotopic (exact) mass is 384 g/mol. The van der Waals surface area contributed by atoms with Gasteiger partial charge in [0.25, 0.3) is 0 Å². The van der Waals surface area contributed by atoms with Crippen LogP contribution in [0.15, 0.2) is 34.8 Å². The predicted molar refractivity (Wildman–Crippen MR) is 97.6 cm³/mol. The maximum Gasteiger partial charge on any atom is 0.129 e. The Kier molecular flexibility index (Phi) is 3.47. The molecule has 6 heteroatoms. The van der Waals surface area contributed by atoms with Gasteiger partial charge in [-0.1, -0.05) is 15.9 Å². The molecule has 0 atom stereocenters. The topological polar surface area (TPSA) is 65.9 Å². The summed E-state index contributed by atoms with van der Waals surface area (Å²) in [5, 5.41) is 11.0. The van der Waals surface area contributed by atoms with E-state index in [0.717, 1.165) is 46.3 Å². The van der Waals surface area contributed by atoms with Gasteiger partial charge in [-0.05, 0) is 42.3 Å². The van der Waals surface area contributed by atoms with Crippen molar-refractivity contribution < 1.29 is 0 Å². The SMILES string of the molecule is N#Cc1c(N)sc2c1CCN(c1ccc3cc(Br)ccc3n1)C2. The van der Waals surface area contributed by atoms with Crippen molar-refractivity contribution in [2.45, 2.75) is 13.0 Å². The number of fused-ring (bicyclic) bond motifs is 2. The summed E-state index contributed by atoms with van der Waals surface area (Å²) in [6.45, 7) is 1.62. The van der Waals surface area contributed by atoms with Gasteiger partial charge >= 0.3 is 0 Å². The average Bonchev–Trinajstić information content (AvgIpc) is 2.88. The second-order valence-electron chi connectivity index (χ2n) is 5.53. The highest BCUT2D eigenvalue weighted by atomic mass is 79.9. The third-order valence-electron chi connectivity index (χ3n) is 4.16. The number of hydrogen-bond acceptors (Lipinski definition) is 5. The van der Waals surface area contributed by atoms with Crippen molar-refractivity contribution in [3.05, 3.63) is 50.8 Å². The van der Waals surface area contributed by atoms with Gasteiger partial charge in [0.1, 0.15) is 16.9 Å². The average molecular weight is 385 g/mol. The largest absolute Gasteiger partial charge is 0.389 e. The van der Waals surface area contributed by atoms with Crippen LogP contribution in [-0.4, -0.2) is 11.5 Å². The number of nitriles is 1. The zero-order valence-corrected chi connectivity index (χ0v) is 14.6. The number of nitrogens with zero attached hydrogens (tertiary/aromatic N) is 3. The molecule has 0 saturated heterocycles. The molecule has 0 aliphatic carbocycles. The van der Waals surface area contributed by atoms with Gasteiger partial charge in [0.2, 0.25) is 0 Å². The molecule has 0 fully saturated rings. The van der Waals surface area contributed by atoms with Gasteiger partial charge in [0.15, 0.2) is 0 Å². The van der Waals surface area contributed by atoms with Crippen molar-refractivity contribution in [2.75, 3.05) is 17.2 Å². The molecule has 4 nitrogen and oxygen atoms in total. The molecule has 0 saturated carbocycles. The molecule has 3 aromatic rings. The first-order chi connectivity index (χ1) is 11.2. The predicted octanol–water partition coefficient (Wildman–Crippen LogP) is 4.08. The number of nitrogen functional groups attached to an aromatic ring is 1. The van der Waals surface area contributed by atoms with Gasteiger partial charge in [0, 0.05) is 21.3 Å². The summed E-state index contributed by atoms with van der Waals surface area (Å²) < 4.78 is 1.06. The number of rotatable bonds is 1. The van der Waals surface area contributed by atoms with Crippen LogP contribution in [0.4, 0.5) is 10.8 Å². The molecule has 0 spiro atoms. The van der Waals surface area contributed by atoms with E-state index in [1.54, 1.807) is 0 Å². The van der Waals surface area contributed by atoms with Crippen LogP contribution < -0.4 is 10.6 Å². The maximum atomic E-state index is 9.23. The van der Waals surface area contributed by atoms with Crippen LogP contribution in [0.5, 0.6) is 0 Å². The number of hydrogen-bond donors (Lipinski definition) is 1. The lowest BCUT2D eigenvalue weighted by Crippen LogP contribution is -2.30. The van der Waals surface area contributed by atoms with Crippen molar-refractivity contribution in [3.63, 3.8) is 0 Å². The first kappa shape index (κ1) is 14.5. The zero-order valence-electron chi connectivity index (χ0n) is 12.2. The van der Waals surface area contributed by atoms with E-state index in [-0.39, 0.29) is 0 Å². The molecule has 2 aromatic heterocycles. The lowest BCUT2D eigenvalue weighted by Gasteiger charge is -2.28. The summed E-state index contributed by atoms with van der Waals surface area (Å²) in [7, 11) is 0. The van der Waals surface area contributed by atoms with Gasteiger partial charge in [-0.25, -0.2) is 4.98 Å². The second kappa shape index (κ2) is 5.52. The molecule has 1 aromatic carbocycles. The number of nitrogens with two attached hydrogens (primary N) is 1. The van der Waals surface area contributed by atoms with E-state index in [1.165, 1.54) is 16.2 Å². The van der Waals surface area contributed by atoms with E-state index in [1.807, 2.05) is 12.1 Å². The Morgan fingerprint density at radius 3 is 3.00 bits per heavy atom. The first-order valence-electron chi connectivity index (χ1n) is 7.27. The highest BCUT2D eigenvalue weighted by Crippen LogP contribution is 2.36. The fourth-order valence-corrected chi connectivity index (χ4v) is 4.47. The van der Waals surface area contributed by atoms with E-state index >= 15 is 0 Å². The number of halogens is 1. The van der Waals surface area contributed by atoms with Gasteiger partial charge in [-0.3, -0.25) is 0 Å². The van der Waals surface area contributed by atoms with Crippen LogP contribution in [-0.2, 0) is 13.0 Å². The lowest BCUT2D eigenvalue weighted by atomic mass is 10.0. The summed E-state index contributed by atoms with van der Waals surface area (Å²) in [6, 6.07) is 12.5. The van der Waals surface area contributed by atoms with E-state index in [0.29, 0.717) is 10.6 Å². The minimum Gasteiger partial charge on any atom is -0.389 e. The Labute approximate surface area is 146 Å². The third-order valence-corrected chi connectivity index (χ3v) is 5.70. The lowest BCUT2D eigenvalue weighted by molar-refractivity contribution is 0.734. The summed E-state index contributed by atoms with van der Waals surface area (Å²) in [5.41, 5.74) is 8.74. The quantitative estimate of drug-likeness (QED) is 0.686. The zero-order chi connectivity index (χ0) is 16.0.